The molecule has 2 rings (SSSR count). The Morgan fingerprint density at radius 2 is 2.00 bits per heavy atom. The van der Waals surface area contributed by atoms with E-state index < -0.39 is 0 Å². The summed E-state index contributed by atoms with van der Waals surface area (Å²) < 4.78 is 11.2. The van der Waals surface area contributed by atoms with Crippen molar-refractivity contribution in [3.8, 4) is 5.75 Å². The van der Waals surface area contributed by atoms with Crippen molar-refractivity contribution in [1.29, 1.82) is 0 Å². The molecule has 19 heavy (non-hydrogen) atoms. The Kier molecular flexibility index (Phi) is 5.22. The van der Waals surface area contributed by atoms with Gasteiger partial charge in [-0.15, -0.1) is 0 Å². The summed E-state index contributed by atoms with van der Waals surface area (Å²) in [6.07, 6.45) is 12.1. The molecule has 2 heteroatoms. The average Bonchev–Trinajstić information content (AvgIpc) is 2.68. The first kappa shape index (κ1) is 13.9. The smallest absolute Gasteiger partial charge is 0.118 e. The molecule has 1 aliphatic rings. The molecule has 102 valence electrons. The van der Waals surface area contributed by atoms with Crippen LogP contribution in [0, 0.1) is 0 Å². The predicted molar refractivity (Wildman–Crippen MR) is 78.5 cm³/mol. The molecule has 0 saturated carbocycles. The van der Waals surface area contributed by atoms with E-state index in [0.29, 0.717) is 0 Å². The van der Waals surface area contributed by atoms with Crippen LogP contribution in [0.1, 0.15) is 25.3 Å². The number of allylic oxidation sites excluding steroid dienone is 3. The van der Waals surface area contributed by atoms with Crippen molar-refractivity contribution >= 4 is 0 Å². The fourth-order valence-corrected chi connectivity index (χ4v) is 2.27. The largest absolute Gasteiger partial charge is 0.497 e. The van der Waals surface area contributed by atoms with Crippen molar-refractivity contribution in [1.82, 2.24) is 0 Å². The van der Waals surface area contributed by atoms with Crippen LogP contribution >= 0.6 is 0 Å². The lowest BCUT2D eigenvalue weighted by atomic mass is 10.1. The Labute approximate surface area is 115 Å². The Morgan fingerprint density at radius 1 is 1.21 bits per heavy atom. The van der Waals surface area contributed by atoms with Gasteiger partial charge in [-0.25, -0.2) is 0 Å². The summed E-state index contributed by atoms with van der Waals surface area (Å²) in [5.41, 5.74) is 1.28. The molecular weight excluding hydrogens is 236 g/mol. The van der Waals surface area contributed by atoms with Crippen LogP contribution < -0.4 is 4.74 Å². The summed E-state index contributed by atoms with van der Waals surface area (Å²) in [6.45, 7) is 2.14. The third kappa shape index (κ3) is 4.56. The molecule has 0 saturated heterocycles. The number of benzene rings is 1. The maximum absolute atomic E-state index is 6.07. The van der Waals surface area contributed by atoms with Gasteiger partial charge >= 0.3 is 0 Å². The van der Waals surface area contributed by atoms with E-state index in [4.69, 9.17) is 9.47 Å². The Bertz CT molecular complexity index is 431. The molecule has 0 fully saturated rings. The van der Waals surface area contributed by atoms with Crippen LogP contribution in [0.25, 0.3) is 0 Å². The molecule has 2 unspecified atom stereocenters. The molecule has 2 atom stereocenters. The van der Waals surface area contributed by atoms with Crippen molar-refractivity contribution in [2.75, 3.05) is 7.11 Å². The van der Waals surface area contributed by atoms with E-state index in [9.17, 15) is 0 Å². The molecule has 2 nitrogen and oxygen atoms in total. The van der Waals surface area contributed by atoms with Crippen molar-refractivity contribution in [3.05, 3.63) is 54.1 Å². The maximum Gasteiger partial charge on any atom is 0.118 e. The second kappa shape index (κ2) is 7.15. The average molecular weight is 258 g/mol. The highest BCUT2D eigenvalue weighted by atomic mass is 16.5. The van der Waals surface area contributed by atoms with Crippen LogP contribution in [-0.2, 0) is 11.2 Å². The number of hydrogen-bond acceptors (Lipinski definition) is 2. The Balaban J connectivity index is 1.84. The van der Waals surface area contributed by atoms with Crippen LogP contribution in [0.15, 0.2) is 48.6 Å². The minimum Gasteiger partial charge on any atom is -0.497 e. The monoisotopic (exact) mass is 258 g/mol. The van der Waals surface area contributed by atoms with E-state index in [-0.39, 0.29) is 12.2 Å². The summed E-state index contributed by atoms with van der Waals surface area (Å²) in [5.74, 6) is 0.898. The van der Waals surface area contributed by atoms with E-state index in [2.05, 4.69) is 43.4 Å². The number of methoxy groups -OCH3 is 1. The summed E-state index contributed by atoms with van der Waals surface area (Å²) in [7, 11) is 1.69. The van der Waals surface area contributed by atoms with Gasteiger partial charge in [0.1, 0.15) is 5.75 Å². The lowest BCUT2D eigenvalue weighted by Gasteiger charge is -2.19. The van der Waals surface area contributed by atoms with Gasteiger partial charge in [0.2, 0.25) is 0 Å². The van der Waals surface area contributed by atoms with Crippen LogP contribution in [0.2, 0.25) is 0 Å². The minimum atomic E-state index is 0.223. The molecule has 1 aliphatic carbocycles. The van der Waals surface area contributed by atoms with E-state index in [1.165, 1.54) is 5.56 Å². The highest BCUT2D eigenvalue weighted by Crippen LogP contribution is 2.16. The molecular formula is C17H22O2. The second-order valence-electron chi connectivity index (χ2n) is 4.93. The third-order valence-electron chi connectivity index (χ3n) is 3.28. The van der Waals surface area contributed by atoms with Crippen molar-refractivity contribution in [2.45, 2.75) is 38.4 Å². The zero-order valence-corrected chi connectivity index (χ0v) is 11.7. The van der Waals surface area contributed by atoms with Gasteiger partial charge in [-0.05, 0) is 43.9 Å². The first-order valence-electron chi connectivity index (χ1n) is 6.89. The Morgan fingerprint density at radius 3 is 2.74 bits per heavy atom. The highest BCUT2D eigenvalue weighted by molar-refractivity contribution is 5.27. The summed E-state index contributed by atoms with van der Waals surface area (Å²) in [4.78, 5) is 0. The predicted octanol–water partition coefficient (Wildman–Crippen LogP) is 3.92. The van der Waals surface area contributed by atoms with Crippen molar-refractivity contribution < 1.29 is 9.47 Å². The fraction of sp³-hybridized carbons (Fsp3) is 0.412. The molecule has 1 aromatic carbocycles. The quantitative estimate of drug-likeness (QED) is 0.797. The van der Waals surface area contributed by atoms with Gasteiger partial charge in [-0.3, -0.25) is 0 Å². The Hall–Kier alpha value is -1.54. The molecule has 0 aromatic heterocycles. The zero-order chi connectivity index (χ0) is 13.5. The lowest BCUT2D eigenvalue weighted by molar-refractivity contribution is 0.0215. The zero-order valence-electron chi connectivity index (χ0n) is 11.7. The van der Waals surface area contributed by atoms with Gasteiger partial charge in [0.15, 0.2) is 0 Å². The van der Waals surface area contributed by atoms with Gasteiger partial charge in [0.05, 0.1) is 19.3 Å². The van der Waals surface area contributed by atoms with Crippen LogP contribution in [-0.4, -0.2) is 19.3 Å². The second-order valence-corrected chi connectivity index (χ2v) is 4.93. The molecule has 0 N–H and O–H groups in total. The maximum atomic E-state index is 6.07. The number of rotatable bonds is 5. The molecule has 0 aliphatic heterocycles. The van der Waals surface area contributed by atoms with Crippen LogP contribution in [0.5, 0.6) is 5.75 Å². The molecule has 0 radical (unpaired) electrons. The minimum absolute atomic E-state index is 0.223. The summed E-state index contributed by atoms with van der Waals surface area (Å²) in [5, 5.41) is 0. The van der Waals surface area contributed by atoms with Crippen molar-refractivity contribution in [3.63, 3.8) is 0 Å². The number of hydrogen-bond donors (Lipinski definition) is 0. The van der Waals surface area contributed by atoms with E-state index in [1.807, 2.05) is 12.1 Å². The molecule has 0 heterocycles. The summed E-state index contributed by atoms with van der Waals surface area (Å²) >= 11 is 0. The molecule has 0 bridgehead atoms. The molecule has 0 amide bonds. The van der Waals surface area contributed by atoms with E-state index in [0.717, 1.165) is 25.0 Å². The normalized spacial score (nSPS) is 20.0. The third-order valence-corrected chi connectivity index (χ3v) is 3.28. The van der Waals surface area contributed by atoms with Gasteiger partial charge in [0, 0.05) is 0 Å². The van der Waals surface area contributed by atoms with Gasteiger partial charge in [-0.2, -0.15) is 0 Å². The summed E-state index contributed by atoms with van der Waals surface area (Å²) in [6, 6.07) is 8.20. The standard InChI is InChI=1S/C17H22O2/c1-14(19-17-7-5-3-4-6-8-17)13-15-9-11-16(18-2)12-10-15/h3-5,7,9-12,14,17H,6,8,13H2,1-2H3. The van der Waals surface area contributed by atoms with Gasteiger partial charge in [-0.1, -0.05) is 36.4 Å². The number of ether oxygens (including phenoxy) is 2. The highest BCUT2D eigenvalue weighted by Gasteiger charge is 2.11. The SMILES string of the molecule is COc1ccc(CC(C)OC2C=CC=CCC2)cc1. The van der Waals surface area contributed by atoms with E-state index in [1.54, 1.807) is 7.11 Å². The van der Waals surface area contributed by atoms with Crippen LogP contribution in [0.3, 0.4) is 0 Å². The topological polar surface area (TPSA) is 18.5 Å². The lowest BCUT2D eigenvalue weighted by Crippen LogP contribution is -2.19. The fourth-order valence-electron chi connectivity index (χ4n) is 2.27. The first-order chi connectivity index (χ1) is 9.28. The van der Waals surface area contributed by atoms with Gasteiger partial charge < -0.3 is 9.47 Å². The van der Waals surface area contributed by atoms with Crippen molar-refractivity contribution in [2.24, 2.45) is 0 Å². The first-order valence-corrected chi connectivity index (χ1v) is 6.89. The molecule has 1 aromatic rings. The molecule has 0 spiro atoms. The van der Waals surface area contributed by atoms with Crippen LogP contribution in [0.4, 0.5) is 0 Å². The van der Waals surface area contributed by atoms with Gasteiger partial charge in [0.25, 0.3) is 0 Å². The van der Waals surface area contributed by atoms with E-state index >= 15 is 0 Å².